The molecular formula is C18H19N3O. The second kappa shape index (κ2) is 6.35. The molecule has 4 heteroatoms. The highest BCUT2D eigenvalue weighted by Gasteiger charge is 2.08. The number of para-hydroxylation sites is 1. The van der Waals surface area contributed by atoms with Gasteiger partial charge in [-0.05, 0) is 23.8 Å². The first kappa shape index (κ1) is 14.2. The number of anilines is 1. The lowest BCUT2D eigenvalue weighted by Gasteiger charge is -2.11. The second-order valence-corrected chi connectivity index (χ2v) is 5.20. The third kappa shape index (κ3) is 3.11. The van der Waals surface area contributed by atoms with E-state index >= 15 is 0 Å². The van der Waals surface area contributed by atoms with Gasteiger partial charge in [0.2, 0.25) is 0 Å². The van der Waals surface area contributed by atoms with Gasteiger partial charge in [-0.15, -0.1) is 0 Å². The molecule has 0 aliphatic carbocycles. The zero-order chi connectivity index (χ0) is 15.4. The van der Waals surface area contributed by atoms with E-state index in [0.717, 1.165) is 35.8 Å². The van der Waals surface area contributed by atoms with Gasteiger partial charge in [-0.25, -0.2) is 4.98 Å². The number of nitrogen functional groups attached to an aromatic ring is 1. The highest BCUT2D eigenvalue weighted by molar-refractivity contribution is 5.40. The Kier molecular flexibility index (Phi) is 4.10. The molecule has 0 saturated heterocycles. The van der Waals surface area contributed by atoms with Crippen molar-refractivity contribution in [1.82, 2.24) is 9.55 Å². The van der Waals surface area contributed by atoms with Crippen LogP contribution in [0.5, 0.6) is 5.75 Å². The van der Waals surface area contributed by atoms with Gasteiger partial charge in [0.1, 0.15) is 11.6 Å². The van der Waals surface area contributed by atoms with Crippen molar-refractivity contribution in [3.05, 3.63) is 77.9 Å². The minimum atomic E-state index is 0.744. The first-order valence-corrected chi connectivity index (χ1v) is 7.22. The lowest BCUT2D eigenvalue weighted by atomic mass is 10.1. The van der Waals surface area contributed by atoms with Crippen molar-refractivity contribution in [2.75, 3.05) is 12.8 Å². The lowest BCUT2D eigenvalue weighted by Crippen LogP contribution is -2.06. The number of hydrogen-bond donors (Lipinski definition) is 1. The molecule has 1 heterocycles. The van der Waals surface area contributed by atoms with Crippen molar-refractivity contribution >= 4 is 5.69 Å². The van der Waals surface area contributed by atoms with Crippen LogP contribution in [0.2, 0.25) is 0 Å². The molecule has 22 heavy (non-hydrogen) atoms. The maximum absolute atomic E-state index is 5.73. The SMILES string of the molecule is COc1ccccc1Cn1ccnc1Cc1ccc(N)cc1. The first-order chi connectivity index (χ1) is 10.8. The van der Waals surface area contributed by atoms with Gasteiger partial charge in [0, 0.05) is 30.1 Å². The maximum atomic E-state index is 5.73. The molecule has 0 spiro atoms. The highest BCUT2D eigenvalue weighted by atomic mass is 16.5. The maximum Gasteiger partial charge on any atom is 0.123 e. The van der Waals surface area contributed by atoms with Crippen LogP contribution in [0.25, 0.3) is 0 Å². The highest BCUT2D eigenvalue weighted by Crippen LogP contribution is 2.20. The number of benzene rings is 2. The summed E-state index contributed by atoms with van der Waals surface area (Å²) in [7, 11) is 1.70. The Morgan fingerprint density at radius 3 is 2.64 bits per heavy atom. The minimum absolute atomic E-state index is 0.744. The fourth-order valence-electron chi connectivity index (χ4n) is 2.49. The number of imidazole rings is 1. The van der Waals surface area contributed by atoms with E-state index in [-0.39, 0.29) is 0 Å². The average Bonchev–Trinajstić information content (AvgIpc) is 2.97. The summed E-state index contributed by atoms with van der Waals surface area (Å²) < 4.78 is 7.56. The molecule has 1 aromatic heterocycles. The van der Waals surface area contributed by atoms with E-state index in [9.17, 15) is 0 Å². The van der Waals surface area contributed by atoms with Crippen LogP contribution in [-0.2, 0) is 13.0 Å². The van der Waals surface area contributed by atoms with E-state index < -0.39 is 0 Å². The summed E-state index contributed by atoms with van der Waals surface area (Å²) in [5.74, 6) is 1.92. The molecule has 3 aromatic rings. The first-order valence-electron chi connectivity index (χ1n) is 7.22. The summed E-state index contributed by atoms with van der Waals surface area (Å²) in [5, 5.41) is 0. The molecule has 112 valence electrons. The molecule has 0 aliphatic heterocycles. The molecule has 3 rings (SSSR count). The average molecular weight is 293 g/mol. The van der Waals surface area contributed by atoms with Crippen molar-refractivity contribution < 1.29 is 4.74 Å². The summed E-state index contributed by atoms with van der Waals surface area (Å²) in [4.78, 5) is 4.48. The summed E-state index contributed by atoms with van der Waals surface area (Å²) in [6, 6.07) is 16.0. The van der Waals surface area contributed by atoms with Gasteiger partial charge in [0.25, 0.3) is 0 Å². The molecule has 0 saturated carbocycles. The topological polar surface area (TPSA) is 53.1 Å². The quantitative estimate of drug-likeness (QED) is 0.735. The fraction of sp³-hybridized carbons (Fsp3) is 0.167. The monoisotopic (exact) mass is 293 g/mol. The van der Waals surface area contributed by atoms with E-state index in [0.29, 0.717) is 0 Å². The minimum Gasteiger partial charge on any atom is -0.496 e. The van der Waals surface area contributed by atoms with Crippen molar-refractivity contribution in [2.24, 2.45) is 0 Å². The van der Waals surface area contributed by atoms with Crippen molar-refractivity contribution in [1.29, 1.82) is 0 Å². The molecule has 0 fully saturated rings. The van der Waals surface area contributed by atoms with Gasteiger partial charge in [-0.1, -0.05) is 30.3 Å². The largest absolute Gasteiger partial charge is 0.496 e. The number of methoxy groups -OCH3 is 1. The van der Waals surface area contributed by atoms with Crippen molar-refractivity contribution in [3.63, 3.8) is 0 Å². The number of nitrogens with zero attached hydrogens (tertiary/aromatic N) is 2. The van der Waals surface area contributed by atoms with Gasteiger partial charge in [0.15, 0.2) is 0 Å². The molecule has 2 N–H and O–H groups in total. The van der Waals surface area contributed by atoms with Gasteiger partial charge in [-0.3, -0.25) is 0 Å². The summed E-state index contributed by atoms with van der Waals surface area (Å²) >= 11 is 0. The van der Waals surface area contributed by atoms with Gasteiger partial charge < -0.3 is 15.0 Å². The van der Waals surface area contributed by atoms with E-state index in [2.05, 4.69) is 15.6 Å². The lowest BCUT2D eigenvalue weighted by molar-refractivity contribution is 0.408. The van der Waals surface area contributed by atoms with Crippen LogP contribution in [0, 0.1) is 0 Å². The van der Waals surface area contributed by atoms with E-state index in [1.165, 1.54) is 5.56 Å². The van der Waals surface area contributed by atoms with Crippen LogP contribution in [0.3, 0.4) is 0 Å². The number of nitrogens with two attached hydrogens (primary N) is 1. The molecular weight excluding hydrogens is 274 g/mol. The number of rotatable bonds is 5. The fourth-order valence-corrected chi connectivity index (χ4v) is 2.49. The molecule has 0 unspecified atom stereocenters. The van der Waals surface area contributed by atoms with E-state index in [1.54, 1.807) is 7.11 Å². The van der Waals surface area contributed by atoms with Crippen LogP contribution in [0.15, 0.2) is 60.9 Å². The third-order valence-electron chi connectivity index (χ3n) is 3.68. The molecule has 0 bridgehead atoms. The van der Waals surface area contributed by atoms with Crippen LogP contribution in [0.1, 0.15) is 17.0 Å². The molecule has 4 nitrogen and oxygen atoms in total. The van der Waals surface area contributed by atoms with Gasteiger partial charge in [0.05, 0.1) is 13.7 Å². The molecule has 0 aliphatic rings. The summed E-state index contributed by atoms with van der Waals surface area (Å²) in [6.45, 7) is 0.744. The van der Waals surface area contributed by atoms with E-state index in [4.69, 9.17) is 10.5 Å². The second-order valence-electron chi connectivity index (χ2n) is 5.20. The normalized spacial score (nSPS) is 10.6. The molecule has 0 radical (unpaired) electrons. The molecule has 2 aromatic carbocycles. The van der Waals surface area contributed by atoms with Crippen LogP contribution in [-0.4, -0.2) is 16.7 Å². The Morgan fingerprint density at radius 2 is 1.86 bits per heavy atom. The Bertz CT molecular complexity index is 747. The third-order valence-corrected chi connectivity index (χ3v) is 3.68. The Morgan fingerprint density at radius 1 is 1.09 bits per heavy atom. The summed E-state index contributed by atoms with van der Waals surface area (Å²) in [6.07, 6.45) is 4.61. The smallest absolute Gasteiger partial charge is 0.123 e. The molecule has 0 amide bonds. The Hall–Kier alpha value is -2.75. The van der Waals surface area contributed by atoms with Crippen molar-refractivity contribution in [2.45, 2.75) is 13.0 Å². The van der Waals surface area contributed by atoms with Gasteiger partial charge in [-0.2, -0.15) is 0 Å². The molecule has 0 atom stereocenters. The van der Waals surface area contributed by atoms with Crippen LogP contribution in [0.4, 0.5) is 5.69 Å². The zero-order valence-electron chi connectivity index (χ0n) is 12.6. The van der Waals surface area contributed by atoms with Crippen LogP contribution >= 0.6 is 0 Å². The van der Waals surface area contributed by atoms with E-state index in [1.807, 2.05) is 54.9 Å². The number of ether oxygens (including phenoxy) is 1. The Labute approximate surface area is 130 Å². The number of aromatic nitrogens is 2. The Balaban J connectivity index is 1.81. The van der Waals surface area contributed by atoms with Crippen molar-refractivity contribution in [3.8, 4) is 5.75 Å². The van der Waals surface area contributed by atoms with Crippen LogP contribution < -0.4 is 10.5 Å². The van der Waals surface area contributed by atoms with Gasteiger partial charge >= 0.3 is 0 Å². The summed E-state index contributed by atoms with van der Waals surface area (Å²) in [5.41, 5.74) is 8.84. The zero-order valence-corrected chi connectivity index (χ0v) is 12.6. The predicted molar refractivity (Wildman–Crippen MR) is 88.0 cm³/mol. The standard InChI is InChI=1S/C18H19N3O/c1-22-17-5-3-2-4-15(17)13-21-11-10-20-18(21)12-14-6-8-16(19)9-7-14/h2-11H,12-13,19H2,1H3. The predicted octanol–water partition coefficient (Wildman–Crippen LogP) is 3.11. The number of hydrogen-bond acceptors (Lipinski definition) is 3.